The summed E-state index contributed by atoms with van der Waals surface area (Å²) in [4.78, 5) is 14.6. The van der Waals surface area contributed by atoms with E-state index < -0.39 is 10.0 Å². The second-order valence-electron chi connectivity index (χ2n) is 6.65. The van der Waals surface area contributed by atoms with E-state index in [2.05, 4.69) is 26.1 Å². The summed E-state index contributed by atoms with van der Waals surface area (Å²) in [6.45, 7) is 4.64. The van der Waals surface area contributed by atoms with Crippen molar-refractivity contribution in [3.05, 3.63) is 28.2 Å². The van der Waals surface area contributed by atoms with Crippen LogP contribution in [0, 0.1) is 6.92 Å². The van der Waals surface area contributed by atoms with Crippen LogP contribution >= 0.6 is 15.9 Å². The van der Waals surface area contributed by atoms with Gasteiger partial charge in [-0.25, -0.2) is 8.42 Å². The van der Waals surface area contributed by atoms with Gasteiger partial charge >= 0.3 is 0 Å². The molecule has 1 unspecified atom stereocenters. The lowest BCUT2D eigenvalue weighted by atomic mass is 10.1. The highest BCUT2D eigenvalue weighted by Gasteiger charge is 2.34. The van der Waals surface area contributed by atoms with Gasteiger partial charge in [-0.3, -0.25) is 9.69 Å². The fraction of sp³-hybridized carbons (Fsp3) is 0.588. The van der Waals surface area contributed by atoms with Crippen molar-refractivity contribution in [1.82, 2.24) is 14.5 Å². The van der Waals surface area contributed by atoms with Gasteiger partial charge in [-0.1, -0.05) is 15.9 Å². The zero-order valence-corrected chi connectivity index (χ0v) is 16.8. The zero-order valence-electron chi connectivity index (χ0n) is 14.4. The molecule has 2 fully saturated rings. The Bertz CT molecular complexity index is 746. The lowest BCUT2D eigenvalue weighted by molar-refractivity contribution is -0.126. The van der Waals surface area contributed by atoms with Crippen molar-refractivity contribution in [3.8, 4) is 0 Å². The number of hydrogen-bond acceptors (Lipinski definition) is 4. The molecule has 0 saturated carbocycles. The SMILES string of the molecule is Cc1cc(S(=O)(=O)N2CCN(C3CCCCNC3=O)CC2)ccc1Br. The van der Waals surface area contributed by atoms with Gasteiger partial charge in [0, 0.05) is 37.2 Å². The third-order valence-corrected chi connectivity index (χ3v) is 7.77. The summed E-state index contributed by atoms with van der Waals surface area (Å²) >= 11 is 3.40. The Hall–Kier alpha value is -0.960. The van der Waals surface area contributed by atoms with E-state index in [1.165, 1.54) is 4.31 Å². The Labute approximate surface area is 157 Å². The molecule has 1 N–H and O–H groups in total. The van der Waals surface area contributed by atoms with E-state index in [-0.39, 0.29) is 11.9 Å². The van der Waals surface area contributed by atoms with Crippen molar-refractivity contribution in [1.29, 1.82) is 0 Å². The Morgan fingerprint density at radius 2 is 1.88 bits per heavy atom. The second kappa shape index (κ2) is 7.73. The molecular weight excluding hydrogens is 406 g/mol. The number of aryl methyl sites for hydroxylation is 1. The number of sulfonamides is 1. The molecule has 2 aliphatic heterocycles. The first-order valence-corrected chi connectivity index (χ1v) is 10.9. The Morgan fingerprint density at radius 3 is 2.56 bits per heavy atom. The number of nitrogens with one attached hydrogen (secondary N) is 1. The lowest BCUT2D eigenvalue weighted by Gasteiger charge is -2.37. The zero-order chi connectivity index (χ0) is 18.0. The van der Waals surface area contributed by atoms with Crippen molar-refractivity contribution < 1.29 is 13.2 Å². The number of halogens is 1. The maximum atomic E-state index is 12.9. The summed E-state index contributed by atoms with van der Waals surface area (Å²) in [5.74, 6) is 0.0809. The highest BCUT2D eigenvalue weighted by atomic mass is 79.9. The number of carbonyl (C=O) groups is 1. The number of hydrogen-bond donors (Lipinski definition) is 1. The molecule has 1 amide bonds. The van der Waals surface area contributed by atoms with Gasteiger partial charge in [-0.15, -0.1) is 0 Å². The van der Waals surface area contributed by atoms with E-state index in [4.69, 9.17) is 0 Å². The van der Waals surface area contributed by atoms with E-state index in [9.17, 15) is 13.2 Å². The monoisotopic (exact) mass is 429 g/mol. The molecule has 0 spiro atoms. The average Bonchev–Trinajstić information content (AvgIpc) is 2.82. The molecule has 2 aliphatic rings. The number of amides is 1. The number of piperazine rings is 1. The van der Waals surface area contributed by atoms with E-state index in [0.717, 1.165) is 35.8 Å². The van der Waals surface area contributed by atoms with Crippen molar-refractivity contribution in [2.24, 2.45) is 0 Å². The van der Waals surface area contributed by atoms with Gasteiger partial charge in [0.25, 0.3) is 0 Å². The van der Waals surface area contributed by atoms with E-state index in [1.54, 1.807) is 18.2 Å². The molecule has 2 saturated heterocycles. The molecule has 3 rings (SSSR count). The van der Waals surface area contributed by atoms with Gasteiger partial charge in [0.15, 0.2) is 0 Å². The highest BCUT2D eigenvalue weighted by Crippen LogP contribution is 2.24. The normalized spacial score (nSPS) is 23.9. The molecule has 0 radical (unpaired) electrons. The molecule has 0 aromatic heterocycles. The summed E-state index contributed by atoms with van der Waals surface area (Å²) in [5.41, 5.74) is 0.898. The van der Waals surface area contributed by atoms with E-state index in [1.807, 2.05) is 6.92 Å². The van der Waals surface area contributed by atoms with Crippen LogP contribution in [-0.2, 0) is 14.8 Å². The van der Waals surface area contributed by atoms with Crippen LogP contribution in [0.15, 0.2) is 27.6 Å². The molecular formula is C17H24BrN3O3S. The van der Waals surface area contributed by atoms with Crippen LogP contribution in [0.3, 0.4) is 0 Å². The molecule has 2 heterocycles. The topological polar surface area (TPSA) is 69.7 Å². The van der Waals surface area contributed by atoms with Gasteiger partial charge < -0.3 is 5.32 Å². The quantitative estimate of drug-likeness (QED) is 0.793. The Kier molecular flexibility index (Phi) is 5.82. The molecule has 1 aromatic rings. The average molecular weight is 430 g/mol. The predicted octanol–water partition coefficient (Wildman–Crippen LogP) is 1.73. The largest absolute Gasteiger partial charge is 0.355 e. The van der Waals surface area contributed by atoms with E-state index >= 15 is 0 Å². The maximum Gasteiger partial charge on any atom is 0.243 e. The third-order valence-electron chi connectivity index (χ3n) is 4.99. The summed E-state index contributed by atoms with van der Waals surface area (Å²) in [6.07, 6.45) is 2.89. The van der Waals surface area contributed by atoms with Crippen LogP contribution < -0.4 is 5.32 Å². The van der Waals surface area contributed by atoms with Crippen LogP contribution in [-0.4, -0.2) is 62.3 Å². The second-order valence-corrected chi connectivity index (χ2v) is 9.45. The highest BCUT2D eigenvalue weighted by molar-refractivity contribution is 9.10. The predicted molar refractivity (Wildman–Crippen MR) is 99.9 cm³/mol. The summed E-state index contributed by atoms with van der Waals surface area (Å²) in [7, 11) is -3.49. The molecule has 1 aromatic carbocycles. The van der Waals surface area contributed by atoms with Gasteiger partial charge in [0.05, 0.1) is 10.9 Å². The van der Waals surface area contributed by atoms with Crippen LogP contribution in [0.2, 0.25) is 0 Å². The van der Waals surface area contributed by atoms with Crippen molar-refractivity contribution >= 4 is 31.9 Å². The van der Waals surface area contributed by atoms with Crippen LogP contribution in [0.4, 0.5) is 0 Å². The number of rotatable bonds is 3. The van der Waals surface area contributed by atoms with Crippen molar-refractivity contribution in [2.75, 3.05) is 32.7 Å². The molecule has 25 heavy (non-hydrogen) atoms. The minimum absolute atomic E-state index is 0.0809. The smallest absolute Gasteiger partial charge is 0.243 e. The fourth-order valence-electron chi connectivity index (χ4n) is 3.45. The summed E-state index contributed by atoms with van der Waals surface area (Å²) < 4.78 is 28.2. The fourth-order valence-corrected chi connectivity index (χ4v) is 5.21. The molecule has 0 aliphatic carbocycles. The number of nitrogens with zero attached hydrogens (tertiary/aromatic N) is 2. The Morgan fingerprint density at radius 1 is 1.16 bits per heavy atom. The van der Waals surface area contributed by atoms with Crippen LogP contribution in [0.5, 0.6) is 0 Å². The summed E-state index contributed by atoms with van der Waals surface area (Å²) in [6, 6.07) is 4.98. The van der Waals surface area contributed by atoms with Crippen molar-refractivity contribution in [2.45, 2.75) is 37.1 Å². The van der Waals surface area contributed by atoms with Gasteiger partial charge in [-0.2, -0.15) is 4.31 Å². The lowest BCUT2D eigenvalue weighted by Crippen LogP contribution is -2.55. The van der Waals surface area contributed by atoms with E-state index in [0.29, 0.717) is 31.1 Å². The molecule has 6 nitrogen and oxygen atoms in total. The van der Waals surface area contributed by atoms with Gasteiger partial charge in [-0.05, 0) is 49.9 Å². The summed E-state index contributed by atoms with van der Waals surface area (Å²) in [5, 5.41) is 2.95. The van der Waals surface area contributed by atoms with Crippen LogP contribution in [0.1, 0.15) is 24.8 Å². The van der Waals surface area contributed by atoms with Crippen LogP contribution in [0.25, 0.3) is 0 Å². The van der Waals surface area contributed by atoms with Gasteiger partial charge in [0.1, 0.15) is 0 Å². The Balaban J connectivity index is 1.68. The standard InChI is InChI=1S/C17H24BrN3O3S/c1-13-12-14(5-6-15(13)18)25(23,24)21-10-8-20(9-11-21)16-4-2-3-7-19-17(16)22/h5-6,12,16H,2-4,7-11H2,1H3,(H,19,22). The number of benzene rings is 1. The first kappa shape index (κ1) is 18.8. The molecule has 138 valence electrons. The third kappa shape index (κ3) is 4.07. The molecule has 1 atom stereocenters. The minimum atomic E-state index is -3.49. The first-order chi connectivity index (χ1) is 11.9. The van der Waals surface area contributed by atoms with Gasteiger partial charge in [0.2, 0.25) is 15.9 Å². The molecule has 8 heteroatoms. The first-order valence-electron chi connectivity index (χ1n) is 8.67. The maximum absolute atomic E-state index is 12.9. The van der Waals surface area contributed by atoms with Crippen molar-refractivity contribution in [3.63, 3.8) is 0 Å². The number of carbonyl (C=O) groups excluding carboxylic acids is 1. The molecule has 0 bridgehead atoms. The minimum Gasteiger partial charge on any atom is -0.355 e.